The minimum atomic E-state index is -0.359. The first-order chi connectivity index (χ1) is 11.2. The lowest BCUT2D eigenvalue weighted by Gasteiger charge is -2.25. The summed E-state index contributed by atoms with van der Waals surface area (Å²) in [7, 11) is 0. The third kappa shape index (κ3) is 4.18. The molecule has 0 bridgehead atoms. The van der Waals surface area contributed by atoms with Gasteiger partial charge < -0.3 is 4.74 Å². The van der Waals surface area contributed by atoms with E-state index in [2.05, 4.69) is 5.10 Å². The Kier molecular flexibility index (Phi) is 5.05. The van der Waals surface area contributed by atoms with Crippen molar-refractivity contribution in [3.63, 3.8) is 0 Å². The molecule has 0 radical (unpaired) electrons. The molecule has 1 aromatic carbocycles. The Morgan fingerprint density at radius 3 is 2.61 bits per heavy atom. The molecule has 1 amide bonds. The van der Waals surface area contributed by atoms with Gasteiger partial charge in [-0.1, -0.05) is 36.8 Å². The highest BCUT2D eigenvalue weighted by Gasteiger charge is 2.27. The van der Waals surface area contributed by atoms with E-state index in [9.17, 15) is 9.59 Å². The molecule has 23 heavy (non-hydrogen) atoms. The summed E-state index contributed by atoms with van der Waals surface area (Å²) in [6.45, 7) is 0.389. The first-order valence-electron chi connectivity index (χ1n) is 8.35. The molecule has 0 unspecified atom stereocenters. The van der Waals surface area contributed by atoms with Gasteiger partial charge in [-0.05, 0) is 31.2 Å². The van der Waals surface area contributed by atoms with Crippen LogP contribution in [0.2, 0.25) is 0 Å². The van der Waals surface area contributed by atoms with Gasteiger partial charge in [0.15, 0.2) is 0 Å². The lowest BCUT2D eigenvalue weighted by atomic mass is 9.98. The van der Waals surface area contributed by atoms with Gasteiger partial charge in [0, 0.05) is 12.8 Å². The Balaban J connectivity index is 1.65. The van der Waals surface area contributed by atoms with E-state index in [1.165, 1.54) is 11.4 Å². The van der Waals surface area contributed by atoms with Crippen molar-refractivity contribution in [3.8, 4) is 0 Å². The molecule has 1 aliphatic heterocycles. The third-order valence-corrected chi connectivity index (χ3v) is 4.34. The summed E-state index contributed by atoms with van der Waals surface area (Å²) in [6.07, 6.45) is 6.01. The predicted octanol–water partition coefficient (Wildman–Crippen LogP) is 3.04. The van der Waals surface area contributed by atoms with Gasteiger partial charge in [-0.2, -0.15) is 5.10 Å². The van der Waals surface area contributed by atoms with E-state index in [4.69, 9.17) is 4.74 Å². The van der Waals surface area contributed by atoms with E-state index >= 15 is 0 Å². The average Bonchev–Trinajstić information content (AvgIpc) is 2.58. The summed E-state index contributed by atoms with van der Waals surface area (Å²) in [4.78, 5) is 24.3. The van der Waals surface area contributed by atoms with Crippen LogP contribution in [0.3, 0.4) is 0 Å². The van der Waals surface area contributed by atoms with E-state index in [1.807, 2.05) is 30.3 Å². The normalized spacial score (nSPS) is 19.4. The summed E-state index contributed by atoms with van der Waals surface area (Å²) in [5.41, 5.74) is 1.36. The minimum absolute atomic E-state index is 0.0131. The van der Waals surface area contributed by atoms with Crippen molar-refractivity contribution in [1.29, 1.82) is 0 Å². The molecule has 0 atom stereocenters. The maximum atomic E-state index is 12.3. The lowest BCUT2D eigenvalue weighted by molar-refractivity contribution is -0.142. The van der Waals surface area contributed by atoms with Gasteiger partial charge in [-0.15, -0.1) is 0 Å². The highest BCUT2D eigenvalue weighted by atomic mass is 16.5. The fraction of sp³-hybridized carbons (Fsp3) is 0.500. The number of hydrazone groups is 1. The second kappa shape index (κ2) is 7.40. The van der Waals surface area contributed by atoms with Gasteiger partial charge in [-0.25, -0.2) is 9.80 Å². The van der Waals surface area contributed by atoms with Crippen LogP contribution in [0.1, 0.15) is 50.5 Å². The Morgan fingerprint density at radius 2 is 1.87 bits per heavy atom. The fourth-order valence-corrected chi connectivity index (χ4v) is 3.03. The van der Waals surface area contributed by atoms with E-state index in [0.717, 1.165) is 31.2 Å². The zero-order valence-corrected chi connectivity index (χ0v) is 13.2. The minimum Gasteiger partial charge on any atom is -0.458 e. The fourth-order valence-electron chi connectivity index (χ4n) is 3.03. The summed E-state index contributed by atoms with van der Waals surface area (Å²) < 4.78 is 5.56. The number of hydrogen-bond donors (Lipinski definition) is 0. The Hall–Kier alpha value is -2.17. The van der Waals surface area contributed by atoms with Crippen molar-refractivity contribution in [2.75, 3.05) is 0 Å². The summed E-state index contributed by atoms with van der Waals surface area (Å²) in [5, 5.41) is 5.63. The molecule has 1 fully saturated rings. The zero-order valence-electron chi connectivity index (χ0n) is 13.2. The predicted molar refractivity (Wildman–Crippen MR) is 86.6 cm³/mol. The highest BCUT2D eigenvalue weighted by molar-refractivity contribution is 6.37. The third-order valence-electron chi connectivity index (χ3n) is 4.34. The molecule has 0 aromatic heterocycles. The number of carbonyl (C=O) groups is 2. The van der Waals surface area contributed by atoms with Crippen molar-refractivity contribution in [1.82, 2.24) is 5.01 Å². The molecular formula is C18H22N2O3. The SMILES string of the molecule is O=C(OC1CCCCC1)C1=NN(Cc2ccccc2)C(=O)CC1. The van der Waals surface area contributed by atoms with Crippen LogP contribution in [0.4, 0.5) is 0 Å². The van der Waals surface area contributed by atoms with Crippen LogP contribution in [0.15, 0.2) is 35.4 Å². The van der Waals surface area contributed by atoms with Crippen LogP contribution in [0.25, 0.3) is 0 Å². The molecule has 1 aliphatic carbocycles. The van der Waals surface area contributed by atoms with Crippen LogP contribution in [-0.4, -0.2) is 28.7 Å². The van der Waals surface area contributed by atoms with Gasteiger partial charge in [0.05, 0.1) is 6.54 Å². The van der Waals surface area contributed by atoms with Gasteiger partial charge >= 0.3 is 5.97 Å². The largest absolute Gasteiger partial charge is 0.458 e. The molecule has 3 rings (SSSR count). The molecule has 1 aromatic rings. The van der Waals surface area contributed by atoms with Crippen molar-refractivity contribution < 1.29 is 14.3 Å². The van der Waals surface area contributed by atoms with Crippen LogP contribution >= 0.6 is 0 Å². The molecule has 0 spiro atoms. The van der Waals surface area contributed by atoms with Crippen LogP contribution in [0, 0.1) is 0 Å². The Bertz CT molecular complexity index is 592. The van der Waals surface area contributed by atoms with E-state index in [-0.39, 0.29) is 18.0 Å². The van der Waals surface area contributed by atoms with Crippen LogP contribution in [-0.2, 0) is 20.9 Å². The Morgan fingerprint density at radius 1 is 1.13 bits per heavy atom. The summed E-state index contributed by atoms with van der Waals surface area (Å²) in [5.74, 6) is -0.412. The summed E-state index contributed by atoms with van der Waals surface area (Å²) in [6, 6.07) is 9.66. The van der Waals surface area contributed by atoms with Crippen LogP contribution < -0.4 is 0 Å². The number of nitrogens with zero attached hydrogens (tertiary/aromatic N) is 2. The van der Waals surface area contributed by atoms with Crippen LogP contribution in [0.5, 0.6) is 0 Å². The van der Waals surface area contributed by atoms with Crippen molar-refractivity contribution in [2.45, 2.75) is 57.6 Å². The number of benzene rings is 1. The summed E-state index contributed by atoms with van der Waals surface area (Å²) >= 11 is 0. The number of hydrogen-bond acceptors (Lipinski definition) is 4. The maximum absolute atomic E-state index is 12.3. The zero-order chi connectivity index (χ0) is 16.1. The number of carbonyl (C=O) groups excluding carboxylic acids is 2. The molecule has 0 N–H and O–H groups in total. The number of ether oxygens (including phenoxy) is 1. The van der Waals surface area contributed by atoms with Crippen molar-refractivity contribution in [3.05, 3.63) is 35.9 Å². The average molecular weight is 314 g/mol. The highest BCUT2D eigenvalue weighted by Crippen LogP contribution is 2.21. The van der Waals surface area contributed by atoms with Crippen molar-refractivity contribution >= 4 is 17.6 Å². The molecule has 2 aliphatic rings. The first kappa shape index (κ1) is 15.7. The molecule has 5 heteroatoms. The van der Waals surface area contributed by atoms with Gasteiger partial charge in [-0.3, -0.25) is 4.79 Å². The van der Waals surface area contributed by atoms with Gasteiger partial charge in [0.1, 0.15) is 11.8 Å². The quantitative estimate of drug-likeness (QED) is 0.803. The molecule has 1 saturated carbocycles. The van der Waals surface area contributed by atoms with E-state index < -0.39 is 0 Å². The molecule has 5 nitrogen and oxygen atoms in total. The van der Waals surface area contributed by atoms with Gasteiger partial charge in [0.2, 0.25) is 5.91 Å². The molecule has 1 heterocycles. The van der Waals surface area contributed by atoms with E-state index in [1.54, 1.807) is 0 Å². The smallest absolute Gasteiger partial charge is 0.354 e. The number of amides is 1. The standard InChI is InChI=1S/C18H22N2O3/c21-17-12-11-16(18(22)23-15-9-5-2-6-10-15)19-20(17)13-14-7-3-1-4-8-14/h1,3-4,7-8,15H,2,5-6,9-13H2. The van der Waals surface area contributed by atoms with E-state index in [0.29, 0.717) is 25.1 Å². The topological polar surface area (TPSA) is 59.0 Å². The monoisotopic (exact) mass is 314 g/mol. The van der Waals surface area contributed by atoms with Gasteiger partial charge in [0.25, 0.3) is 0 Å². The molecular weight excluding hydrogens is 292 g/mol. The maximum Gasteiger partial charge on any atom is 0.354 e. The Labute approximate surface area is 136 Å². The second-order valence-electron chi connectivity index (χ2n) is 6.15. The molecule has 0 saturated heterocycles. The first-order valence-corrected chi connectivity index (χ1v) is 8.35. The van der Waals surface area contributed by atoms with Crippen molar-refractivity contribution in [2.24, 2.45) is 5.10 Å². The second-order valence-corrected chi connectivity index (χ2v) is 6.15. The number of esters is 1. The number of rotatable bonds is 4. The molecule has 122 valence electrons. The lowest BCUT2D eigenvalue weighted by Crippen LogP contribution is -2.36.